The average molecular weight is 390 g/mol. The third-order valence-corrected chi connectivity index (χ3v) is 6.27. The molecule has 5 rings (SSSR count). The highest BCUT2D eigenvalue weighted by Crippen LogP contribution is 2.41. The molecule has 1 aliphatic carbocycles. The largest absolute Gasteiger partial charge is 0.464 e. The van der Waals surface area contributed by atoms with Gasteiger partial charge in [0.2, 0.25) is 0 Å². The van der Waals surface area contributed by atoms with E-state index >= 15 is 0 Å². The first-order valence-electron chi connectivity index (χ1n) is 10.4. The van der Waals surface area contributed by atoms with Crippen LogP contribution in [0.4, 0.5) is 0 Å². The first kappa shape index (κ1) is 18.2. The van der Waals surface area contributed by atoms with Crippen LogP contribution in [-0.2, 0) is 13.5 Å². The van der Waals surface area contributed by atoms with Crippen LogP contribution in [-0.4, -0.2) is 55.4 Å². The van der Waals surface area contributed by atoms with Crippen molar-refractivity contribution in [3.63, 3.8) is 0 Å². The summed E-state index contributed by atoms with van der Waals surface area (Å²) in [5.74, 6) is 1.37. The topological polar surface area (TPSA) is 69.0 Å². The minimum Gasteiger partial charge on any atom is -0.464 e. The van der Waals surface area contributed by atoms with Crippen LogP contribution in [0.15, 0.2) is 42.9 Å². The van der Waals surface area contributed by atoms with Gasteiger partial charge in [-0.3, -0.25) is 14.5 Å². The Hall–Kier alpha value is -2.80. The van der Waals surface area contributed by atoms with E-state index in [0.717, 1.165) is 13.0 Å². The molecule has 1 fully saturated rings. The zero-order chi connectivity index (χ0) is 19.6. The number of fused-ring (bicyclic) bond motifs is 3. The highest BCUT2D eigenvalue weighted by atomic mass is 16.5. The van der Waals surface area contributed by atoms with Crippen LogP contribution in [0.2, 0.25) is 0 Å². The lowest BCUT2D eigenvalue weighted by Gasteiger charge is -2.33. The fraction of sp³-hybridized carbons (Fsp3) is 0.455. The fourth-order valence-electron chi connectivity index (χ4n) is 4.88. The van der Waals surface area contributed by atoms with Crippen LogP contribution in [0.5, 0.6) is 6.01 Å². The highest BCUT2D eigenvalue weighted by Gasteiger charge is 2.37. The Balaban J connectivity index is 1.15. The number of benzene rings is 1. The van der Waals surface area contributed by atoms with Crippen molar-refractivity contribution < 1.29 is 4.74 Å². The summed E-state index contributed by atoms with van der Waals surface area (Å²) in [6.45, 7) is 2.89. The van der Waals surface area contributed by atoms with Gasteiger partial charge in [0.05, 0.1) is 12.8 Å². The Bertz CT molecular complexity index is 972. The van der Waals surface area contributed by atoms with Crippen LogP contribution in [0.3, 0.4) is 0 Å². The maximum atomic E-state index is 5.91. The summed E-state index contributed by atoms with van der Waals surface area (Å²) in [7, 11) is 1.89. The lowest BCUT2D eigenvalue weighted by atomic mass is 9.79. The summed E-state index contributed by atoms with van der Waals surface area (Å²) in [6, 6.07) is 10.2. The molecule has 1 aromatic carbocycles. The Morgan fingerprint density at radius 1 is 1.14 bits per heavy atom. The van der Waals surface area contributed by atoms with Gasteiger partial charge in [-0.1, -0.05) is 29.4 Å². The Morgan fingerprint density at radius 2 is 2.07 bits per heavy atom. The quantitative estimate of drug-likeness (QED) is 0.603. The van der Waals surface area contributed by atoms with Gasteiger partial charge in [0.25, 0.3) is 0 Å². The van der Waals surface area contributed by atoms with Gasteiger partial charge in [-0.05, 0) is 43.4 Å². The highest BCUT2D eigenvalue weighted by molar-refractivity contribution is 5.47. The van der Waals surface area contributed by atoms with Crippen molar-refractivity contribution in [3.8, 4) is 17.5 Å². The van der Waals surface area contributed by atoms with E-state index in [4.69, 9.17) is 4.74 Å². The number of nitrogens with zero attached hydrogens (tertiary/aromatic N) is 6. The number of aromatic nitrogens is 5. The fourth-order valence-corrected chi connectivity index (χ4v) is 4.88. The van der Waals surface area contributed by atoms with Crippen LogP contribution >= 0.6 is 0 Å². The molecule has 0 saturated carbocycles. The minimum atomic E-state index is 0.525. The second-order valence-electron chi connectivity index (χ2n) is 7.89. The van der Waals surface area contributed by atoms with Gasteiger partial charge in [-0.15, -0.1) is 5.10 Å². The van der Waals surface area contributed by atoms with Gasteiger partial charge in [0, 0.05) is 37.9 Å². The molecule has 0 radical (unpaired) electrons. The van der Waals surface area contributed by atoms with Gasteiger partial charge < -0.3 is 4.74 Å². The van der Waals surface area contributed by atoms with Gasteiger partial charge in [0.15, 0.2) is 5.82 Å². The lowest BCUT2D eigenvalue weighted by Crippen LogP contribution is -2.36. The average Bonchev–Trinajstić information content (AvgIpc) is 3.35. The van der Waals surface area contributed by atoms with E-state index < -0.39 is 0 Å². The molecule has 2 aromatic heterocycles. The van der Waals surface area contributed by atoms with Crippen molar-refractivity contribution in [3.05, 3.63) is 54.0 Å². The van der Waals surface area contributed by atoms with E-state index in [0.29, 0.717) is 36.1 Å². The normalized spacial score (nSPS) is 21.0. The molecule has 0 spiro atoms. The molecule has 0 amide bonds. The molecule has 150 valence electrons. The number of hydrogen-bond acceptors (Lipinski definition) is 6. The zero-order valence-corrected chi connectivity index (χ0v) is 16.7. The summed E-state index contributed by atoms with van der Waals surface area (Å²) < 4.78 is 7.73. The lowest BCUT2D eigenvalue weighted by molar-refractivity contribution is 0.197. The molecule has 0 bridgehead atoms. The van der Waals surface area contributed by atoms with Crippen molar-refractivity contribution in [2.75, 3.05) is 19.7 Å². The summed E-state index contributed by atoms with van der Waals surface area (Å²) in [5, 5.41) is 8.35. The number of ether oxygens (including phenoxy) is 1. The van der Waals surface area contributed by atoms with Gasteiger partial charge in [0.1, 0.15) is 5.69 Å². The van der Waals surface area contributed by atoms with Crippen molar-refractivity contribution in [2.45, 2.75) is 37.6 Å². The molecule has 0 N–H and O–H groups in total. The first-order valence-corrected chi connectivity index (χ1v) is 10.4. The minimum absolute atomic E-state index is 0.525. The van der Waals surface area contributed by atoms with Crippen LogP contribution < -0.4 is 4.74 Å². The van der Waals surface area contributed by atoms with Crippen LogP contribution in [0.1, 0.15) is 36.3 Å². The van der Waals surface area contributed by atoms with Gasteiger partial charge >= 0.3 is 6.01 Å². The SMILES string of the molecule is Cn1c(OCCCN2CCC3c4ccccc4CCC32)nnc1-c1cnccn1. The second kappa shape index (κ2) is 7.91. The molecule has 2 aliphatic rings. The van der Waals surface area contributed by atoms with Crippen molar-refractivity contribution >= 4 is 0 Å². The molecule has 2 atom stereocenters. The summed E-state index contributed by atoms with van der Waals surface area (Å²) in [6.07, 6.45) is 9.70. The monoisotopic (exact) mass is 390 g/mol. The molecule has 1 saturated heterocycles. The number of likely N-dealkylation sites (tertiary alicyclic amines) is 1. The molecule has 2 unspecified atom stereocenters. The molecule has 3 aromatic rings. The molecule has 1 aliphatic heterocycles. The molecule has 7 heteroatoms. The smallest absolute Gasteiger partial charge is 0.317 e. The third kappa shape index (κ3) is 3.51. The molecule has 7 nitrogen and oxygen atoms in total. The predicted octanol–water partition coefficient (Wildman–Crippen LogP) is 2.85. The maximum absolute atomic E-state index is 5.91. The molecular weight excluding hydrogens is 364 g/mol. The maximum Gasteiger partial charge on any atom is 0.317 e. The summed E-state index contributed by atoms with van der Waals surface area (Å²) in [5.41, 5.74) is 3.83. The van der Waals surface area contributed by atoms with E-state index in [9.17, 15) is 0 Å². The van der Waals surface area contributed by atoms with Crippen LogP contribution in [0, 0.1) is 0 Å². The van der Waals surface area contributed by atoms with Gasteiger partial charge in [-0.25, -0.2) is 4.98 Å². The van der Waals surface area contributed by atoms with Crippen molar-refractivity contribution in [2.24, 2.45) is 7.05 Å². The second-order valence-corrected chi connectivity index (χ2v) is 7.89. The van der Waals surface area contributed by atoms with Gasteiger partial charge in [-0.2, -0.15) is 0 Å². The first-order chi connectivity index (χ1) is 14.3. The Morgan fingerprint density at radius 3 is 2.97 bits per heavy atom. The van der Waals surface area contributed by atoms with Crippen molar-refractivity contribution in [1.29, 1.82) is 0 Å². The standard InChI is InChI=1S/C22H26N6O/c1-27-21(19-15-23-10-11-24-19)25-26-22(27)29-14-4-12-28-13-9-18-17-6-3-2-5-16(17)7-8-20(18)28/h2-3,5-6,10-11,15,18,20H,4,7-9,12-14H2,1H3. The Labute approximate surface area is 170 Å². The number of hydrogen-bond donors (Lipinski definition) is 0. The van der Waals surface area contributed by atoms with E-state index in [-0.39, 0.29) is 0 Å². The summed E-state index contributed by atoms with van der Waals surface area (Å²) >= 11 is 0. The molecule has 3 heterocycles. The molecular formula is C22H26N6O. The summed E-state index contributed by atoms with van der Waals surface area (Å²) in [4.78, 5) is 11.0. The zero-order valence-electron chi connectivity index (χ0n) is 16.7. The number of rotatable bonds is 6. The van der Waals surface area contributed by atoms with E-state index in [2.05, 4.69) is 49.3 Å². The molecule has 29 heavy (non-hydrogen) atoms. The number of aryl methyl sites for hydroxylation is 1. The third-order valence-electron chi connectivity index (χ3n) is 6.27. The van der Waals surface area contributed by atoms with E-state index in [1.165, 1.54) is 25.8 Å². The Kier molecular flexibility index (Phi) is 4.97. The van der Waals surface area contributed by atoms with Crippen molar-refractivity contribution in [1.82, 2.24) is 29.6 Å². The predicted molar refractivity (Wildman–Crippen MR) is 110 cm³/mol. The van der Waals surface area contributed by atoms with Crippen LogP contribution in [0.25, 0.3) is 11.5 Å². The van der Waals surface area contributed by atoms with E-state index in [1.807, 2.05) is 11.6 Å². The van der Waals surface area contributed by atoms with E-state index in [1.54, 1.807) is 29.7 Å².